The number of carbonyl (C=O) groups is 1. The van der Waals surface area contributed by atoms with Crippen LogP contribution < -0.4 is 4.74 Å². The van der Waals surface area contributed by atoms with Crippen LogP contribution in [0.3, 0.4) is 0 Å². The van der Waals surface area contributed by atoms with Gasteiger partial charge in [-0.2, -0.15) is 5.10 Å². The van der Waals surface area contributed by atoms with Gasteiger partial charge in [-0.1, -0.05) is 18.2 Å². The minimum absolute atomic E-state index is 0.148. The van der Waals surface area contributed by atoms with Gasteiger partial charge >= 0.3 is 5.97 Å². The number of hydrogen-bond acceptors (Lipinski definition) is 8. The smallest absolute Gasteiger partial charge is 0.335 e. The van der Waals surface area contributed by atoms with Crippen molar-refractivity contribution in [1.29, 1.82) is 0 Å². The Kier molecular flexibility index (Phi) is 8.35. The number of aromatic carboxylic acids is 1. The van der Waals surface area contributed by atoms with Crippen molar-refractivity contribution in [2.45, 2.75) is 69.9 Å². The fourth-order valence-electron chi connectivity index (χ4n) is 7.14. The Morgan fingerprint density at radius 2 is 1.79 bits per heavy atom. The summed E-state index contributed by atoms with van der Waals surface area (Å²) in [6.45, 7) is 6.06. The highest BCUT2D eigenvalue weighted by Crippen LogP contribution is 2.31. The third-order valence-electron chi connectivity index (χ3n) is 9.96. The van der Waals surface area contributed by atoms with Gasteiger partial charge in [0.15, 0.2) is 0 Å². The molecule has 0 spiro atoms. The second kappa shape index (κ2) is 13.1. The summed E-state index contributed by atoms with van der Waals surface area (Å²) in [5, 5.41) is 15.4. The van der Waals surface area contributed by atoms with E-state index in [-0.39, 0.29) is 11.7 Å². The van der Waals surface area contributed by atoms with Crippen LogP contribution in [0.2, 0.25) is 0 Å². The Bertz CT molecular complexity index is 1880. The van der Waals surface area contributed by atoms with E-state index in [0.29, 0.717) is 37.5 Å². The molecule has 0 radical (unpaired) electrons. The number of rotatable bonds is 10. The number of carboxylic acids is 1. The van der Waals surface area contributed by atoms with Crippen molar-refractivity contribution in [3.63, 3.8) is 0 Å². The van der Waals surface area contributed by atoms with Crippen molar-refractivity contribution in [3.8, 4) is 5.88 Å². The highest BCUT2D eigenvalue weighted by atomic mass is 16.5. The van der Waals surface area contributed by atoms with Crippen LogP contribution >= 0.6 is 0 Å². The summed E-state index contributed by atoms with van der Waals surface area (Å²) in [4.78, 5) is 23.9. The van der Waals surface area contributed by atoms with E-state index in [1.165, 1.54) is 0 Å². The van der Waals surface area contributed by atoms with Crippen LogP contribution in [-0.4, -0.2) is 79.3 Å². The normalized spacial score (nSPS) is 19.7. The zero-order valence-electron chi connectivity index (χ0n) is 26.5. The SMILES string of the molecule is O=C(O)c1ccc2nc(CN3CCC(c4cccc(OCc5ccc6cnn(C7CCOCC7)c6c5)n4)CC3)n(CC3CCO3)c2c1. The average molecular weight is 637 g/mol. The molecule has 0 amide bonds. The first-order valence-electron chi connectivity index (χ1n) is 16.8. The summed E-state index contributed by atoms with van der Waals surface area (Å²) >= 11 is 0. The van der Waals surface area contributed by atoms with Gasteiger partial charge in [0.1, 0.15) is 12.4 Å². The summed E-state index contributed by atoms with van der Waals surface area (Å²) in [6, 6.07) is 18.1. The quantitative estimate of drug-likeness (QED) is 0.210. The lowest BCUT2D eigenvalue weighted by molar-refractivity contribution is -0.0592. The highest BCUT2D eigenvalue weighted by molar-refractivity contribution is 5.92. The molecule has 244 valence electrons. The lowest BCUT2D eigenvalue weighted by Gasteiger charge is -2.32. The third kappa shape index (κ3) is 6.35. The topological polar surface area (TPSA) is 117 Å². The van der Waals surface area contributed by atoms with Crippen LogP contribution in [0.1, 0.15) is 71.5 Å². The number of aromatic nitrogens is 5. The molecule has 8 rings (SSSR count). The number of likely N-dealkylation sites (tertiary alicyclic amines) is 1. The molecule has 3 aromatic heterocycles. The predicted molar refractivity (Wildman–Crippen MR) is 176 cm³/mol. The Labute approximate surface area is 273 Å². The van der Waals surface area contributed by atoms with E-state index >= 15 is 0 Å². The minimum atomic E-state index is -0.929. The standard InChI is InChI=1S/C36H40N6O5/c43-36(44)26-6-7-31-33(19-26)41(21-29-12-17-46-29)34(38-31)22-40-13-8-25(9-14-40)30-2-1-3-35(39-30)47-23-24-4-5-27-20-37-42(32(27)18-24)28-10-15-45-16-11-28/h1-7,18-20,25,28-29H,8-17,21-23H2,(H,43,44). The fourth-order valence-corrected chi connectivity index (χ4v) is 7.14. The van der Waals surface area contributed by atoms with Crippen LogP contribution in [0.25, 0.3) is 21.9 Å². The molecule has 1 unspecified atom stereocenters. The molecule has 5 aromatic rings. The molecule has 1 N–H and O–H groups in total. The van der Waals surface area contributed by atoms with Gasteiger partial charge in [-0.3, -0.25) is 9.58 Å². The van der Waals surface area contributed by atoms with Crippen LogP contribution in [0.4, 0.5) is 0 Å². The minimum Gasteiger partial charge on any atom is -0.478 e. The largest absolute Gasteiger partial charge is 0.478 e. The molecule has 6 heterocycles. The molecule has 3 fully saturated rings. The summed E-state index contributed by atoms with van der Waals surface area (Å²) in [5.74, 6) is 1.04. The first-order chi connectivity index (χ1) is 23.1. The Balaban J connectivity index is 0.907. The summed E-state index contributed by atoms with van der Waals surface area (Å²) < 4.78 is 21.8. The van der Waals surface area contributed by atoms with E-state index in [2.05, 4.69) is 43.5 Å². The Morgan fingerprint density at radius 3 is 2.57 bits per heavy atom. The maximum absolute atomic E-state index is 11.7. The summed E-state index contributed by atoms with van der Waals surface area (Å²) in [7, 11) is 0. The number of piperidine rings is 1. The first-order valence-corrected chi connectivity index (χ1v) is 16.8. The second-order valence-corrected chi connectivity index (χ2v) is 13.0. The molecule has 11 nitrogen and oxygen atoms in total. The number of imidazole rings is 1. The maximum atomic E-state index is 11.7. The number of ether oxygens (including phenoxy) is 3. The van der Waals surface area contributed by atoms with Gasteiger partial charge in [-0.15, -0.1) is 0 Å². The monoisotopic (exact) mass is 636 g/mol. The molecule has 1 atom stereocenters. The van der Waals surface area contributed by atoms with E-state index < -0.39 is 5.97 Å². The summed E-state index contributed by atoms with van der Waals surface area (Å²) in [6.07, 6.45) is 7.07. The van der Waals surface area contributed by atoms with E-state index in [9.17, 15) is 9.90 Å². The Hall–Kier alpha value is -4.32. The van der Waals surface area contributed by atoms with Gasteiger partial charge in [-0.25, -0.2) is 14.8 Å². The van der Waals surface area contributed by atoms with Crippen molar-refractivity contribution in [2.24, 2.45) is 0 Å². The molecule has 3 saturated heterocycles. The number of carboxylic acid groups (broad SMARTS) is 1. The van der Waals surface area contributed by atoms with Crippen LogP contribution in [0.5, 0.6) is 5.88 Å². The van der Waals surface area contributed by atoms with Crippen molar-refractivity contribution < 1.29 is 24.1 Å². The van der Waals surface area contributed by atoms with E-state index in [1.807, 2.05) is 24.4 Å². The zero-order chi connectivity index (χ0) is 31.7. The number of nitrogens with zero attached hydrogens (tertiary/aromatic N) is 6. The van der Waals surface area contributed by atoms with Crippen molar-refractivity contribution >= 4 is 27.9 Å². The van der Waals surface area contributed by atoms with Crippen molar-refractivity contribution in [2.75, 3.05) is 32.9 Å². The number of fused-ring (bicyclic) bond motifs is 2. The van der Waals surface area contributed by atoms with Crippen molar-refractivity contribution in [1.82, 2.24) is 29.2 Å². The van der Waals surface area contributed by atoms with E-state index in [1.54, 1.807) is 12.1 Å². The lowest BCUT2D eigenvalue weighted by atomic mass is 9.93. The lowest BCUT2D eigenvalue weighted by Crippen LogP contribution is -2.35. The molecule has 47 heavy (non-hydrogen) atoms. The first kappa shape index (κ1) is 30.0. The van der Waals surface area contributed by atoms with Crippen molar-refractivity contribution in [3.05, 3.63) is 83.4 Å². The molecule has 0 saturated carbocycles. The molecular weight excluding hydrogens is 596 g/mol. The third-order valence-corrected chi connectivity index (χ3v) is 9.96. The van der Waals surface area contributed by atoms with Gasteiger partial charge in [0, 0.05) is 42.9 Å². The number of hydrogen-bond donors (Lipinski definition) is 1. The molecule has 0 bridgehead atoms. The fraction of sp³-hybridized carbons (Fsp3) is 0.444. The molecule has 2 aromatic carbocycles. The van der Waals surface area contributed by atoms with Gasteiger partial charge in [0.25, 0.3) is 0 Å². The van der Waals surface area contributed by atoms with Crippen LogP contribution in [-0.2, 0) is 29.2 Å². The molecule has 0 aliphatic carbocycles. The van der Waals surface area contributed by atoms with E-state index in [4.69, 9.17) is 24.2 Å². The van der Waals surface area contributed by atoms with Gasteiger partial charge < -0.3 is 23.9 Å². The molecular formula is C36H40N6O5. The maximum Gasteiger partial charge on any atom is 0.335 e. The second-order valence-electron chi connectivity index (χ2n) is 13.0. The van der Waals surface area contributed by atoms with Gasteiger partial charge in [0.05, 0.1) is 53.5 Å². The molecule has 3 aliphatic rings. The Morgan fingerprint density at radius 1 is 0.936 bits per heavy atom. The molecule has 11 heteroatoms. The van der Waals surface area contributed by atoms with E-state index in [0.717, 1.165) is 104 Å². The number of benzene rings is 2. The number of pyridine rings is 1. The molecule has 3 aliphatic heterocycles. The average Bonchev–Trinajstić information content (AvgIpc) is 3.66. The highest BCUT2D eigenvalue weighted by Gasteiger charge is 2.26. The van der Waals surface area contributed by atoms with Crippen LogP contribution in [0.15, 0.2) is 60.8 Å². The van der Waals surface area contributed by atoms with Gasteiger partial charge in [-0.05, 0) is 81.1 Å². The summed E-state index contributed by atoms with van der Waals surface area (Å²) in [5.41, 5.74) is 5.27. The van der Waals surface area contributed by atoms with Crippen LogP contribution in [0, 0.1) is 0 Å². The zero-order valence-corrected chi connectivity index (χ0v) is 26.5. The predicted octanol–water partition coefficient (Wildman–Crippen LogP) is 5.58. The van der Waals surface area contributed by atoms with Gasteiger partial charge in [0.2, 0.25) is 5.88 Å².